The largest absolute Gasteiger partial charge is 0.489 e. The molecular weight excluding hydrogens is 521 g/mol. The van der Waals surface area contributed by atoms with Crippen molar-refractivity contribution in [3.05, 3.63) is 99.9 Å². The summed E-state index contributed by atoms with van der Waals surface area (Å²) >= 11 is 0. The fourth-order valence-electron chi connectivity index (χ4n) is 6.32. The van der Waals surface area contributed by atoms with Crippen LogP contribution in [0.2, 0.25) is 0 Å². The molecule has 0 spiro atoms. The van der Waals surface area contributed by atoms with Crippen LogP contribution in [0.3, 0.4) is 0 Å². The van der Waals surface area contributed by atoms with Gasteiger partial charge in [-0.15, -0.1) is 0 Å². The van der Waals surface area contributed by atoms with E-state index >= 15 is 0 Å². The molecule has 7 nitrogen and oxygen atoms in total. The fourth-order valence-corrected chi connectivity index (χ4v) is 6.32. The molecular formula is C33H34FN3O4. The van der Waals surface area contributed by atoms with Crippen LogP contribution in [0.1, 0.15) is 69.8 Å². The first-order chi connectivity index (χ1) is 19.9. The summed E-state index contributed by atoms with van der Waals surface area (Å²) in [5.74, 6) is -0.534. The van der Waals surface area contributed by atoms with E-state index in [0.29, 0.717) is 12.2 Å². The minimum absolute atomic E-state index is 0.122. The number of piperidine rings is 2. The molecule has 0 radical (unpaired) electrons. The second kappa shape index (κ2) is 11.4. The molecule has 0 aliphatic carbocycles. The number of carbonyl (C=O) groups is 3. The number of likely N-dealkylation sites (tertiary alicyclic amines) is 1. The summed E-state index contributed by atoms with van der Waals surface area (Å²) in [5.41, 5.74) is 5.43. The Morgan fingerprint density at radius 2 is 1.76 bits per heavy atom. The van der Waals surface area contributed by atoms with Crippen LogP contribution in [0.15, 0.2) is 60.7 Å². The van der Waals surface area contributed by atoms with E-state index in [2.05, 4.69) is 47.5 Å². The molecule has 1 N–H and O–H groups in total. The van der Waals surface area contributed by atoms with Crippen molar-refractivity contribution in [3.8, 4) is 5.75 Å². The molecule has 3 aliphatic heterocycles. The first kappa shape index (κ1) is 27.1. The van der Waals surface area contributed by atoms with Gasteiger partial charge in [-0.1, -0.05) is 42.5 Å². The molecule has 2 saturated heterocycles. The van der Waals surface area contributed by atoms with E-state index < -0.39 is 17.8 Å². The van der Waals surface area contributed by atoms with E-state index in [1.54, 1.807) is 6.07 Å². The lowest BCUT2D eigenvalue weighted by Gasteiger charge is -2.33. The zero-order valence-electron chi connectivity index (χ0n) is 23.2. The highest BCUT2D eigenvalue weighted by molar-refractivity contribution is 6.05. The number of rotatable bonds is 7. The molecule has 8 heteroatoms. The minimum Gasteiger partial charge on any atom is -0.489 e. The Morgan fingerprint density at radius 1 is 0.976 bits per heavy atom. The SMILES string of the molecule is Cc1ccc(CN2CCC(c3cc(F)cc4c3CN(C3CCC(=O)NC3=O)C4=O)CC2)c(OCc2ccccc2)c1. The molecule has 3 aliphatic rings. The van der Waals surface area contributed by atoms with Crippen molar-refractivity contribution in [2.75, 3.05) is 13.1 Å². The minimum atomic E-state index is -0.710. The predicted octanol–water partition coefficient (Wildman–Crippen LogP) is 4.85. The summed E-state index contributed by atoms with van der Waals surface area (Å²) in [6.07, 6.45) is 2.16. The molecule has 3 amide bonds. The van der Waals surface area contributed by atoms with Crippen LogP contribution in [0.25, 0.3) is 0 Å². The second-order valence-corrected chi connectivity index (χ2v) is 11.4. The zero-order valence-corrected chi connectivity index (χ0v) is 23.2. The molecule has 212 valence electrons. The van der Waals surface area contributed by atoms with Gasteiger partial charge in [-0.2, -0.15) is 0 Å². The summed E-state index contributed by atoms with van der Waals surface area (Å²) in [7, 11) is 0. The van der Waals surface area contributed by atoms with Crippen molar-refractivity contribution >= 4 is 17.7 Å². The van der Waals surface area contributed by atoms with Crippen LogP contribution < -0.4 is 10.1 Å². The second-order valence-electron chi connectivity index (χ2n) is 11.4. The van der Waals surface area contributed by atoms with Crippen molar-refractivity contribution in [1.29, 1.82) is 0 Å². The Bertz CT molecular complexity index is 1480. The maximum absolute atomic E-state index is 14.8. The number of hydrogen-bond acceptors (Lipinski definition) is 5. The number of amides is 3. The van der Waals surface area contributed by atoms with Gasteiger partial charge in [0.15, 0.2) is 0 Å². The van der Waals surface area contributed by atoms with Gasteiger partial charge < -0.3 is 9.64 Å². The average molecular weight is 556 g/mol. The normalized spacial score (nSPS) is 19.8. The Labute approximate surface area is 239 Å². The van der Waals surface area contributed by atoms with Crippen LogP contribution in [-0.2, 0) is 29.3 Å². The van der Waals surface area contributed by atoms with E-state index in [-0.39, 0.29) is 37.1 Å². The molecule has 3 heterocycles. The third-order valence-corrected chi connectivity index (χ3v) is 8.54. The van der Waals surface area contributed by atoms with Gasteiger partial charge in [0.25, 0.3) is 5.91 Å². The number of fused-ring (bicyclic) bond motifs is 1. The molecule has 6 rings (SSSR count). The summed E-state index contributed by atoms with van der Waals surface area (Å²) in [6.45, 7) is 5.29. The predicted molar refractivity (Wildman–Crippen MR) is 152 cm³/mol. The lowest BCUT2D eigenvalue weighted by molar-refractivity contribution is -0.136. The maximum atomic E-state index is 14.8. The zero-order chi connectivity index (χ0) is 28.5. The Balaban J connectivity index is 1.13. The highest BCUT2D eigenvalue weighted by Crippen LogP contribution is 2.38. The van der Waals surface area contributed by atoms with Crippen LogP contribution in [-0.4, -0.2) is 46.7 Å². The molecule has 1 unspecified atom stereocenters. The van der Waals surface area contributed by atoms with E-state index in [9.17, 15) is 18.8 Å². The van der Waals surface area contributed by atoms with Crippen molar-refractivity contribution < 1.29 is 23.5 Å². The van der Waals surface area contributed by atoms with Gasteiger partial charge in [0.2, 0.25) is 11.8 Å². The van der Waals surface area contributed by atoms with Crippen LogP contribution in [0.4, 0.5) is 4.39 Å². The molecule has 1 atom stereocenters. The molecule has 3 aromatic rings. The van der Waals surface area contributed by atoms with Gasteiger partial charge in [0.1, 0.15) is 24.2 Å². The van der Waals surface area contributed by atoms with Crippen LogP contribution in [0, 0.1) is 12.7 Å². The number of imide groups is 1. The van der Waals surface area contributed by atoms with Crippen LogP contribution >= 0.6 is 0 Å². The molecule has 41 heavy (non-hydrogen) atoms. The smallest absolute Gasteiger partial charge is 0.255 e. The average Bonchev–Trinajstić information content (AvgIpc) is 3.29. The lowest BCUT2D eigenvalue weighted by atomic mass is 9.85. The van der Waals surface area contributed by atoms with E-state index in [1.807, 2.05) is 18.2 Å². The summed E-state index contributed by atoms with van der Waals surface area (Å²) in [5, 5.41) is 2.33. The summed E-state index contributed by atoms with van der Waals surface area (Å²) in [4.78, 5) is 41.2. The number of nitrogens with zero attached hydrogens (tertiary/aromatic N) is 2. The molecule has 2 fully saturated rings. The van der Waals surface area contributed by atoms with Crippen molar-refractivity contribution in [2.45, 2.75) is 64.3 Å². The van der Waals surface area contributed by atoms with Crippen molar-refractivity contribution in [2.24, 2.45) is 0 Å². The molecule has 0 bridgehead atoms. The highest BCUT2D eigenvalue weighted by Gasteiger charge is 2.41. The number of carbonyl (C=O) groups excluding carboxylic acids is 3. The van der Waals surface area contributed by atoms with E-state index in [1.165, 1.54) is 11.0 Å². The molecule has 0 saturated carbocycles. The van der Waals surface area contributed by atoms with Gasteiger partial charge in [0, 0.05) is 30.6 Å². The number of hydrogen-bond donors (Lipinski definition) is 1. The molecule has 0 aromatic heterocycles. The Kier molecular flexibility index (Phi) is 7.58. The number of benzene rings is 3. The lowest BCUT2D eigenvalue weighted by Crippen LogP contribution is -2.52. The standard InChI is InChI=1S/C33H34FN3O4/c1-21-7-8-24(30(15-21)41-20-22-5-3-2-4-6-22)18-36-13-11-23(12-14-36)26-16-25(34)17-27-28(26)19-37(33(27)40)29-9-10-31(38)35-32(29)39/h2-8,15-17,23,29H,9-14,18-20H2,1H3,(H,35,38,39). The third kappa shape index (κ3) is 5.75. The first-order valence-corrected chi connectivity index (χ1v) is 14.3. The van der Waals surface area contributed by atoms with Gasteiger partial charge in [-0.3, -0.25) is 24.6 Å². The van der Waals surface area contributed by atoms with E-state index in [4.69, 9.17) is 4.74 Å². The number of nitrogens with one attached hydrogen (secondary N) is 1. The van der Waals surface area contributed by atoms with Gasteiger partial charge >= 0.3 is 0 Å². The quantitative estimate of drug-likeness (QED) is 0.422. The number of aryl methyl sites for hydroxylation is 1. The van der Waals surface area contributed by atoms with Crippen molar-refractivity contribution in [1.82, 2.24) is 15.1 Å². The maximum Gasteiger partial charge on any atom is 0.255 e. The first-order valence-electron chi connectivity index (χ1n) is 14.3. The number of halogens is 1. The van der Waals surface area contributed by atoms with Crippen LogP contribution in [0.5, 0.6) is 5.75 Å². The molecule has 3 aromatic carbocycles. The van der Waals surface area contributed by atoms with Gasteiger partial charge in [-0.25, -0.2) is 4.39 Å². The fraction of sp³-hybridized carbons (Fsp3) is 0.364. The Morgan fingerprint density at radius 3 is 2.51 bits per heavy atom. The van der Waals surface area contributed by atoms with Gasteiger partial charge in [-0.05, 0) is 85.6 Å². The highest BCUT2D eigenvalue weighted by atomic mass is 19.1. The third-order valence-electron chi connectivity index (χ3n) is 8.54. The summed E-state index contributed by atoms with van der Waals surface area (Å²) < 4.78 is 21.0. The monoisotopic (exact) mass is 555 g/mol. The van der Waals surface area contributed by atoms with Crippen molar-refractivity contribution in [3.63, 3.8) is 0 Å². The Hall–Kier alpha value is -4.04. The topological polar surface area (TPSA) is 79.0 Å². The number of ether oxygens (including phenoxy) is 1. The van der Waals surface area contributed by atoms with E-state index in [0.717, 1.165) is 66.0 Å². The summed E-state index contributed by atoms with van der Waals surface area (Å²) in [6, 6.07) is 18.6. The van der Waals surface area contributed by atoms with Gasteiger partial charge in [0.05, 0.1) is 0 Å².